The highest BCUT2D eigenvalue weighted by Crippen LogP contribution is 2.48. The Morgan fingerprint density at radius 3 is 2.72 bits per heavy atom. The first-order chi connectivity index (χ1) is 12.1. The summed E-state index contributed by atoms with van der Waals surface area (Å²) in [6.45, 7) is 0.535. The average Bonchev–Trinajstić information content (AvgIpc) is 3.31. The topological polar surface area (TPSA) is 97.1 Å². The number of nitrogens with one attached hydrogen (secondary N) is 1. The molecule has 7 nitrogen and oxygen atoms in total. The lowest BCUT2D eigenvalue weighted by molar-refractivity contribution is -0.144. The van der Waals surface area contributed by atoms with E-state index in [2.05, 4.69) is 15.6 Å². The molecular formula is C18H20N4O3. The Labute approximate surface area is 145 Å². The van der Waals surface area contributed by atoms with Crippen LogP contribution in [0.5, 0.6) is 0 Å². The molecule has 7 heteroatoms. The number of nitrogens with zero attached hydrogens (tertiary/aromatic N) is 3. The van der Waals surface area contributed by atoms with Crippen molar-refractivity contribution in [3.8, 4) is 0 Å². The maximum atomic E-state index is 12.5. The molecule has 1 aromatic carbocycles. The van der Waals surface area contributed by atoms with Crippen LogP contribution in [0.2, 0.25) is 0 Å². The summed E-state index contributed by atoms with van der Waals surface area (Å²) < 4.78 is 1.61. The van der Waals surface area contributed by atoms with Gasteiger partial charge in [0.15, 0.2) is 5.69 Å². The van der Waals surface area contributed by atoms with E-state index in [9.17, 15) is 14.7 Å². The van der Waals surface area contributed by atoms with Crippen molar-refractivity contribution in [3.05, 3.63) is 47.8 Å². The molecule has 2 aliphatic rings. The minimum absolute atomic E-state index is 0.182. The number of rotatable bonds is 5. The number of amides is 1. The summed E-state index contributed by atoms with van der Waals surface area (Å²) in [6, 6.07) is 9.49. The Balaban J connectivity index is 1.44. The third-order valence-electron chi connectivity index (χ3n) is 5.46. The number of carboxylic acid groups (broad SMARTS) is 1. The molecule has 0 aliphatic heterocycles. The molecule has 0 radical (unpaired) electrons. The molecule has 130 valence electrons. The van der Waals surface area contributed by atoms with Gasteiger partial charge in [-0.1, -0.05) is 35.5 Å². The van der Waals surface area contributed by atoms with Crippen molar-refractivity contribution in [3.63, 3.8) is 0 Å². The Hall–Kier alpha value is -2.70. The van der Waals surface area contributed by atoms with Crippen LogP contribution in [0.15, 0.2) is 36.5 Å². The molecule has 2 N–H and O–H groups in total. The van der Waals surface area contributed by atoms with Gasteiger partial charge in [-0.25, -0.2) is 4.68 Å². The van der Waals surface area contributed by atoms with Gasteiger partial charge < -0.3 is 10.4 Å². The molecule has 2 saturated carbocycles. The van der Waals surface area contributed by atoms with E-state index in [1.165, 1.54) is 0 Å². The maximum absolute atomic E-state index is 12.5. The summed E-state index contributed by atoms with van der Waals surface area (Å²) in [6.07, 6.45) is 4.43. The number of carboxylic acids is 1. The number of hydrogen-bond donors (Lipinski definition) is 2. The van der Waals surface area contributed by atoms with Crippen LogP contribution in [0, 0.1) is 17.8 Å². The molecular weight excluding hydrogens is 320 g/mol. The molecule has 2 fully saturated rings. The Morgan fingerprint density at radius 1 is 1.20 bits per heavy atom. The second-order valence-electron chi connectivity index (χ2n) is 6.98. The maximum Gasteiger partial charge on any atom is 0.308 e. The Morgan fingerprint density at radius 2 is 1.96 bits per heavy atom. The van der Waals surface area contributed by atoms with Crippen LogP contribution in [0.4, 0.5) is 0 Å². The fraction of sp³-hybridized carbons (Fsp3) is 0.444. The zero-order valence-corrected chi connectivity index (χ0v) is 13.7. The van der Waals surface area contributed by atoms with E-state index in [-0.39, 0.29) is 29.5 Å². The normalized spacial score (nSPS) is 27.4. The summed E-state index contributed by atoms with van der Waals surface area (Å²) in [5, 5.41) is 20.3. The number of carbonyl (C=O) groups excluding carboxylic acids is 1. The number of benzene rings is 1. The van der Waals surface area contributed by atoms with Crippen LogP contribution in [0.25, 0.3) is 0 Å². The van der Waals surface area contributed by atoms with Crippen LogP contribution < -0.4 is 5.32 Å². The summed E-state index contributed by atoms with van der Waals surface area (Å²) in [4.78, 5) is 24.0. The van der Waals surface area contributed by atoms with E-state index in [0.717, 1.165) is 24.8 Å². The first-order valence-electron chi connectivity index (χ1n) is 8.59. The molecule has 2 aromatic rings. The predicted octanol–water partition coefficient (Wildman–Crippen LogP) is 1.56. The number of carbonyl (C=O) groups is 2. The van der Waals surface area contributed by atoms with E-state index >= 15 is 0 Å². The lowest BCUT2D eigenvalue weighted by Crippen LogP contribution is -2.46. The van der Waals surface area contributed by atoms with Crippen LogP contribution in [0.3, 0.4) is 0 Å². The van der Waals surface area contributed by atoms with Crippen molar-refractivity contribution in [2.24, 2.45) is 17.8 Å². The van der Waals surface area contributed by atoms with Gasteiger partial charge in [0.25, 0.3) is 5.91 Å². The van der Waals surface area contributed by atoms with Gasteiger partial charge in [-0.3, -0.25) is 9.59 Å². The lowest BCUT2D eigenvalue weighted by atomic mass is 9.84. The largest absolute Gasteiger partial charge is 0.481 e. The standard InChI is InChI=1S/C18H20N4O3/c23-17(19-16-13-7-6-12(8-13)15(16)18(24)25)14-10-22(21-20-14)9-11-4-2-1-3-5-11/h1-5,10,12-13,15-16H,6-9H2,(H,19,23)(H,24,25)/t12-,13-,15+,16+/m0/s1. The summed E-state index contributed by atoms with van der Waals surface area (Å²) in [7, 11) is 0. The monoisotopic (exact) mass is 340 g/mol. The SMILES string of the molecule is O=C(N[C@@H]1[C@H]2CC[C@@H](C2)[C@H]1C(=O)O)c1cn(Cc2ccccc2)nn1. The van der Waals surface area contributed by atoms with Crippen molar-refractivity contribution >= 4 is 11.9 Å². The third kappa shape index (κ3) is 3.01. The third-order valence-corrected chi connectivity index (χ3v) is 5.46. The van der Waals surface area contributed by atoms with Gasteiger partial charge >= 0.3 is 5.97 Å². The molecule has 0 saturated heterocycles. The van der Waals surface area contributed by atoms with Crippen molar-refractivity contribution in [2.45, 2.75) is 31.8 Å². The van der Waals surface area contributed by atoms with E-state index in [1.807, 2.05) is 30.3 Å². The molecule has 2 aliphatic carbocycles. The summed E-state index contributed by atoms with van der Waals surface area (Å²) >= 11 is 0. The van der Waals surface area contributed by atoms with Crippen LogP contribution in [0.1, 0.15) is 35.3 Å². The van der Waals surface area contributed by atoms with Gasteiger partial charge in [0.1, 0.15) is 0 Å². The molecule has 0 spiro atoms. The highest BCUT2D eigenvalue weighted by atomic mass is 16.4. The quantitative estimate of drug-likeness (QED) is 0.861. The number of aromatic nitrogens is 3. The minimum Gasteiger partial charge on any atom is -0.481 e. The fourth-order valence-corrected chi connectivity index (χ4v) is 4.33. The van der Waals surface area contributed by atoms with Gasteiger partial charge in [-0.15, -0.1) is 5.10 Å². The van der Waals surface area contributed by atoms with Crippen molar-refractivity contribution in [2.75, 3.05) is 0 Å². The van der Waals surface area contributed by atoms with E-state index in [1.54, 1.807) is 10.9 Å². The second kappa shape index (κ2) is 6.31. The van der Waals surface area contributed by atoms with Gasteiger partial charge in [0, 0.05) is 6.04 Å². The zero-order valence-electron chi connectivity index (χ0n) is 13.7. The molecule has 25 heavy (non-hydrogen) atoms. The molecule has 1 amide bonds. The summed E-state index contributed by atoms with van der Waals surface area (Å²) in [5.41, 5.74) is 1.29. The van der Waals surface area contributed by atoms with Crippen molar-refractivity contribution in [1.82, 2.24) is 20.3 Å². The lowest BCUT2D eigenvalue weighted by Gasteiger charge is -2.28. The molecule has 1 heterocycles. The first kappa shape index (κ1) is 15.8. The number of fused-ring (bicyclic) bond motifs is 2. The molecule has 1 aromatic heterocycles. The van der Waals surface area contributed by atoms with Gasteiger partial charge in [0.05, 0.1) is 18.7 Å². The zero-order chi connectivity index (χ0) is 17.4. The second-order valence-corrected chi connectivity index (χ2v) is 6.98. The van der Waals surface area contributed by atoms with Gasteiger partial charge in [-0.2, -0.15) is 0 Å². The Kier molecular flexibility index (Phi) is 3.99. The molecule has 2 bridgehead atoms. The van der Waals surface area contributed by atoms with Gasteiger partial charge in [0.2, 0.25) is 0 Å². The van der Waals surface area contributed by atoms with Crippen LogP contribution >= 0.6 is 0 Å². The van der Waals surface area contributed by atoms with Crippen molar-refractivity contribution in [1.29, 1.82) is 0 Å². The molecule has 4 atom stereocenters. The van der Waals surface area contributed by atoms with Crippen LogP contribution in [-0.4, -0.2) is 38.0 Å². The predicted molar refractivity (Wildman–Crippen MR) is 88.8 cm³/mol. The fourth-order valence-electron chi connectivity index (χ4n) is 4.33. The number of aliphatic carboxylic acids is 1. The Bertz CT molecular complexity index is 789. The van der Waals surface area contributed by atoms with E-state index in [4.69, 9.17) is 0 Å². The van der Waals surface area contributed by atoms with Crippen molar-refractivity contribution < 1.29 is 14.7 Å². The van der Waals surface area contributed by atoms with Crippen LogP contribution in [-0.2, 0) is 11.3 Å². The molecule has 0 unspecified atom stereocenters. The summed E-state index contributed by atoms with van der Waals surface area (Å²) in [5.74, 6) is -1.20. The van der Waals surface area contributed by atoms with Gasteiger partial charge in [-0.05, 0) is 36.7 Å². The highest BCUT2D eigenvalue weighted by Gasteiger charge is 2.51. The van der Waals surface area contributed by atoms with E-state index < -0.39 is 11.9 Å². The molecule has 4 rings (SSSR count). The average molecular weight is 340 g/mol. The van der Waals surface area contributed by atoms with E-state index in [0.29, 0.717) is 6.54 Å². The first-order valence-corrected chi connectivity index (χ1v) is 8.59. The highest BCUT2D eigenvalue weighted by molar-refractivity contribution is 5.92. The number of hydrogen-bond acceptors (Lipinski definition) is 4. The minimum atomic E-state index is -0.815. The smallest absolute Gasteiger partial charge is 0.308 e.